The van der Waals surface area contributed by atoms with Crippen LogP contribution in [0.25, 0.3) is 0 Å². The third-order valence-electron chi connectivity index (χ3n) is 2.12. The fourth-order valence-corrected chi connectivity index (χ4v) is 1.30. The highest BCUT2D eigenvalue weighted by Crippen LogP contribution is 2.11. The first-order chi connectivity index (χ1) is 6.36. The van der Waals surface area contributed by atoms with Crippen molar-refractivity contribution in [1.29, 1.82) is 0 Å². The summed E-state index contributed by atoms with van der Waals surface area (Å²) in [4.78, 5) is 0. The molecule has 0 spiro atoms. The van der Waals surface area contributed by atoms with Crippen molar-refractivity contribution in [3.05, 3.63) is 29.8 Å². The summed E-state index contributed by atoms with van der Waals surface area (Å²) in [6.45, 7) is 1.20. The molecule has 2 N–H and O–H groups in total. The maximum Gasteiger partial charge on any atom is 0.118 e. The zero-order chi connectivity index (χ0) is 9.52. The number of rotatable bonds is 5. The van der Waals surface area contributed by atoms with Gasteiger partial charge in [0.1, 0.15) is 5.75 Å². The van der Waals surface area contributed by atoms with Gasteiger partial charge in [-0.05, 0) is 24.1 Å². The summed E-state index contributed by atoms with van der Waals surface area (Å²) < 4.78 is 5.09. The molecule has 0 saturated carbocycles. The Kier molecular flexibility index (Phi) is 4.33. The van der Waals surface area contributed by atoms with Gasteiger partial charge >= 0.3 is 0 Å². The predicted octanol–water partition coefficient (Wildman–Crippen LogP) is 0.821. The number of nitrogens with two attached hydrogens (primary N) is 1. The van der Waals surface area contributed by atoms with E-state index in [1.807, 2.05) is 12.1 Å². The molecule has 0 bridgehead atoms. The topological polar surface area (TPSA) is 25.8 Å². The van der Waals surface area contributed by atoms with Gasteiger partial charge in [-0.25, -0.2) is 0 Å². The molecular weight excluding hydrogens is 162 g/mol. The Morgan fingerprint density at radius 1 is 1.23 bits per heavy atom. The molecule has 0 heterocycles. The van der Waals surface area contributed by atoms with E-state index in [4.69, 9.17) is 4.74 Å². The van der Waals surface area contributed by atoms with Gasteiger partial charge < -0.3 is 10.1 Å². The molecule has 0 amide bonds. The number of quaternary nitrogens is 1. The van der Waals surface area contributed by atoms with E-state index in [2.05, 4.69) is 24.5 Å². The average Bonchev–Trinajstić information content (AvgIpc) is 2.19. The van der Waals surface area contributed by atoms with Crippen LogP contribution in [0, 0.1) is 0 Å². The molecule has 0 unspecified atom stereocenters. The van der Waals surface area contributed by atoms with Gasteiger partial charge in [0.15, 0.2) is 0 Å². The van der Waals surface area contributed by atoms with Gasteiger partial charge in [-0.2, -0.15) is 0 Å². The quantitative estimate of drug-likeness (QED) is 0.667. The van der Waals surface area contributed by atoms with E-state index in [0.29, 0.717) is 0 Å². The molecule has 72 valence electrons. The third kappa shape index (κ3) is 3.47. The minimum Gasteiger partial charge on any atom is -0.497 e. The lowest BCUT2D eigenvalue weighted by Gasteiger charge is -2.02. The molecule has 0 saturated heterocycles. The standard InChI is InChI=1S/C11H17NO/c1-12-9-3-4-10-5-7-11(13-2)8-6-10/h5-8,12H,3-4,9H2,1-2H3/p+1. The first kappa shape index (κ1) is 10.1. The van der Waals surface area contributed by atoms with Crippen molar-refractivity contribution in [2.45, 2.75) is 12.8 Å². The van der Waals surface area contributed by atoms with Crippen LogP contribution in [0.15, 0.2) is 24.3 Å². The molecule has 13 heavy (non-hydrogen) atoms. The van der Waals surface area contributed by atoms with Crippen LogP contribution in [0.2, 0.25) is 0 Å². The second-order valence-electron chi connectivity index (χ2n) is 3.15. The number of aryl methyl sites for hydroxylation is 1. The van der Waals surface area contributed by atoms with Gasteiger partial charge in [0.25, 0.3) is 0 Å². The van der Waals surface area contributed by atoms with E-state index >= 15 is 0 Å². The van der Waals surface area contributed by atoms with E-state index in [1.165, 1.54) is 18.5 Å². The van der Waals surface area contributed by atoms with Gasteiger partial charge in [0.05, 0.1) is 20.7 Å². The number of ether oxygens (including phenoxy) is 1. The minimum atomic E-state index is 0.936. The molecule has 1 rings (SSSR count). The molecule has 0 aliphatic heterocycles. The van der Waals surface area contributed by atoms with Crippen LogP contribution in [0.3, 0.4) is 0 Å². The number of hydrogen-bond donors (Lipinski definition) is 1. The molecule has 1 aromatic carbocycles. The highest BCUT2D eigenvalue weighted by Gasteiger charge is 1.94. The lowest BCUT2D eigenvalue weighted by molar-refractivity contribution is -0.627. The van der Waals surface area contributed by atoms with Gasteiger partial charge in [-0.1, -0.05) is 12.1 Å². The van der Waals surface area contributed by atoms with Crippen LogP contribution in [0.1, 0.15) is 12.0 Å². The van der Waals surface area contributed by atoms with Gasteiger partial charge in [0.2, 0.25) is 0 Å². The lowest BCUT2D eigenvalue weighted by atomic mass is 10.1. The molecule has 0 aromatic heterocycles. The Balaban J connectivity index is 2.40. The summed E-state index contributed by atoms with van der Waals surface area (Å²) >= 11 is 0. The van der Waals surface area contributed by atoms with Crippen LogP contribution in [-0.2, 0) is 6.42 Å². The minimum absolute atomic E-state index is 0.936. The molecule has 2 nitrogen and oxygen atoms in total. The number of hydrogen-bond acceptors (Lipinski definition) is 1. The van der Waals surface area contributed by atoms with Gasteiger partial charge in [0, 0.05) is 6.42 Å². The molecule has 0 aliphatic rings. The van der Waals surface area contributed by atoms with Crippen molar-refractivity contribution in [2.75, 3.05) is 20.7 Å². The van der Waals surface area contributed by atoms with Crippen molar-refractivity contribution in [1.82, 2.24) is 0 Å². The van der Waals surface area contributed by atoms with E-state index in [9.17, 15) is 0 Å². The van der Waals surface area contributed by atoms with Crippen LogP contribution >= 0.6 is 0 Å². The molecule has 0 radical (unpaired) electrons. The first-order valence-electron chi connectivity index (χ1n) is 4.77. The fourth-order valence-electron chi connectivity index (χ4n) is 1.30. The third-order valence-corrected chi connectivity index (χ3v) is 2.12. The van der Waals surface area contributed by atoms with Crippen molar-refractivity contribution >= 4 is 0 Å². The van der Waals surface area contributed by atoms with Gasteiger partial charge in [-0.3, -0.25) is 0 Å². The van der Waals surface area contributed by atoms with Crippen molar-refractivity contribution in [3.63, 3.8) is 0 Å². The van der Waals surface area contributed by atoms with Crippen LogP contribution in [0.4, 0.5) is 0 Å². The highest BCUT2D eigenvalue weighted by atomic mass is 16.5. The average molecular weight is 180 g/mol. The Bertz CT molecular complexity index is 230. The summed E-state index contributed by atoms with van der Waals surface area (Å²) in [5, 5.41) is 2.21. The maximum atomic E-state index is 5.09. The van der Waals surface area contributed by atoms with Crippen molar-refractivity contribution < 1.29 is 10.1 Å². The second kappa shape index (κ2) is 5.60. The zero-order valence-electron chi connectivity index (χ0n) is 8.42. The fraction of sp³-hybridized carbons (Fsp3) is 0.455. The summed E-state index contributed by atoms with van der Waals surface area (Å²) in [6.07, 6.45) is 2.40. The lowest BCUT2D eigenvalue weighted by Crippen LogP contribution is -2.79. The SMILES string of the molecule is C[NH2+]CCCc1ccc(OC)cc1. The van der Waals surface area contributed by atoms with Crippen molar-refractivity contribution in [2.24, 2.45) is 0 Å². The van der Waals surface area contributed by atoms with E-state index in [0.717, 1.165) is 12.2 Å². The molecular formula is C11H18NO+. The summed E-state index contributed by atoms with van der Waals surface area (Å²) in [7, 11) is 3.80. The second-order valence-corrected chi connectivity index (χ2v) is 3.15. The summed E-state index contributed by atoms with van der Waals surface area (Å²) in [6, 6.07) is 8.30. The molecule has 0 aliphatic carbocycles. The molecule has 1 aromatic rings. The van der Waals surface area contributed by atoms with E-state index < -0.39 is 0 Å². The van der Waals surface area contributed by atoms with Crippen molar-refractivity contribution in [3.8, 4) is 5.75 Å². The largest absolute Gasteiger partial charge is 0.497 e. The Labute approximate surface area is 79.9 Å². The Morgan fingerprint density at radius 2 is 1.92 bits per heavy atom. The maximum absolute atomic E-state index is 5.09. The van der Waals surface area contributed by atoms with Crippen LogP contribution in [0.5, 0.6) is 5.75 Å². The first-order valence-corrected chi connectivity index (χ1v) is 4.77. The number of methoxy groups -OCH3 is 1. The van der Waals surface area contributed by atoms with Gasteiger partial charge in [-0.15, -0.1) is 0 Å². The smallest absolute Gasteiger partial charge is 0.118 e. The normalized spacial score (nSPS) is 10.0. The summed E-state index contributed by atoms with van der Waals surface area (Å²) in [5.74, 6) is 0.936. The van der Waals surface area contributed by atoms with E-state index in [-0.39, 0.29) is 0 Å². The predicted molar refractivity (Wildman–Crippen MR) is 54.0 cm³/mol. The molecule has 0 fully saturated rings. The van der Waals surface area contributed by atoms with E-state index in [1.54, 1.807) is 7.11 Å². The Morgan fingerprint density at radius 3 is 2.46 bits per heavy atom. The zero-order valence-corrected chi connectivity index (χ0v) is 8.42. The summed E-state index contributed by atoms with van der Waals surface area (Å²) in [5.41, 5.74) is 1.39. The molecule has 0 atom stereocenters. The Hall–Kier alpha value is -1.02. The molecule has 2 heteroatoms. The van der Waals surface area contributed by atoms with Crippen LogP contribution in [-0.4, -0.2) is 20.7 Å². The monoisotopic (exact) mass is 180 g/mol. The number of benzene rings is 1. The highest BCUT2D eigenvalue weighted by molar-refractivity contribution is 5.27. The van der Waals surface area contributed by atoms with Crippen LogP contribution < -0.4 is 10.1 Å².